The maximum absolute atomic E-state index is 11.5. The molecule has 0 bridgehead atoms. The van der Waals surface area contributed by atoms with Crippen LogP contribution in [0.1, 0.15) is 13.3 Å². The van der Waals surface area contributed by atoms with E-state index in [9.17, 15) is 4.79 Å². The third-order valence-electron chi connectivity index (χ3n) is 3.17. The van der Waals surface area contributed by atoms with E-state index in [4.69, 9.17) is 4.74 Å². The SMILES string of the molecule is CCCNC(=O)CSc1nnc(SCC[NH+]2CCOCC2)s1. The number of quaternary nitrogens is 1. The van der Waals surface area contributed by atoms with Crippen LogP contribution in [0, 0.1) is 0 Å². The van der Waals surface area contributed by atoms with E-state index in [0.717, 1.165) is 60.2 Å². The third kappa shape index (κ3) is 6.82. The number of aromatic nitrogens is 2. The number of ether oxygens (including phenoxy) is 1. The molecule has 0 unspecified atom stereocenters. The second-order valence-corrected chi connectivity index (χ2v) is 8.48. The van der Waals surface area contributed by atoms with Gasteiger partial charge in [0.2, 0.25) is 5.91 Å². The lowest BCUT2D eigenvalue weighted by Gasteiger charge is -2.23. The average molecular weight is 364 g/mol. The van der Waals surface area contributed by atoms with E-state index < -0.39 is 0 Å². The van der Waals surface area contributed by atoms with E-state index in [1.54, 1.807) is 28.0 Å². The zero-order valence-electron chi connectivity index (χ0n) is 12.8. The number of hydrogen-bond acceptors (Lipinski definition) is 7. The van der Waals surface area contributed by atoms with Crippen LogP contribution in [-0.4, -0.2) is 67.0 Å². The van der Waals surface area contributed by atoms with E-state index in [0.29, 0.717) is 5.75 Å². The normalized spacial score (nSPS) is 15.9. The summed E-state index contributed by atoms with van der Waals surface area (Å²) in [4.78, 5) is 13.1. The fourth-order valence-electron chi connectivity index (χ4n) is 1.95. The van der Waals surface area contributed by atoms with Crippen molar-refractivity contribution in [3.63, 3.8) is 0 Å². The Morgan fingerprint density at radius 3 is 2.77 bits per heavy atom. The van der Waals surface area contributed by atoms with Crippen LogP contribution in [0.4, 0.5) is 0 Å². The zero-order chi connectivity index (χ0) is 15.6. The van der Waals surface area contributed by atoms with Gasteiger partial charge in [-0.25, -0.2) is 0 Å². The van der Waals surface area contributed by atoms with E-state index in [-0.39, 0.29) is 5.91 Å². The van der Waals surface area contributed by atoms with Gasteiger partial charge in [0.1, 0.15) is 13.1 Å². The first-order chi connectivity index (χ1) is 10.8. The Balaban J connectivity index is 1.62. The van der Waals surface area contributed by atoms with Crippen molar-refractivity contribution in [1.82, 2.24) is 15.5 Å². The molecule has 2 N–H and O–H groups in total. The Bertz CT molecular complexity index is 452. The van der Waals surface area contributed by atoms with Gasteiger partial charge in [-0.15, -0.1) is 10.2 Å². The largest absolute Gasteiger partial charge is 0.370 e. The van der Waals surface area contributed by atoms with Crippen molar-refractivity contribution >= 4 is 40.8 Å². The van der Waals surface area contributed by atoms with E-state index >= 15 is 0 Å². The number of nitrogens with zero attached hydrogens (tertiary/aromatic N) is 2. The highest BCUT2D eigenvalue weighted by molar-refractivity contribution is 8.03. The minimum atomic E-state index is 0.0622. The number of rotatable bonds is 9. The molecule has 0 radical (unpaired) electrons. The molecule has 0 aromatic carbocycles. The standard InChI is InChI=1S/C13H22N4O2S3/c1-2-3-14-11(18)10-21-13-16-15-12(22-13)20-9-6-17-4-7-19-8-5-17/h2-10H2,1H3,(H,14,18)/p+1. The van der Waals surface area contributed by atoms with Crippen molar-refractivity contribution in [2.75, 3.05) is 50.9 Å². The fraction of sp³-hybridized carbons (Fsp3) is 0.769. The molecular weight excluding hydrogens is 340 g/mol. The molecule has 0 spiro atoms. The van der Waals surface area contributed by atoms with Crippen molar-refractivity contribution in [2.45, 2.75) is 22.0 Å². The highest BCUT2D eigenvalue weighted by Gasteiger charge is 2.14. The zero-order valence-corrected chi connectivity index (χ0v) is 15.2. The Morgan fingerprint density at radius 2 is 2.05 bits per heavy atom. The van der Waals surface area contributed by atoms with Crippen molar-refractivity contribution in [3.05, 3.63) is 0 Å². The van der Waals surface area contributed by atoms with E-state index in [1.165, 1.54) is 11.8 Å². The van der Waals surface area contributed by atoms with E-state index in [2.05, 4.69) is 15.5 Å². The Kier molecular flexibility index (Phi) is 8.53. The average Bonchev–Trinajstić information content (AvgIpc) is 3.00. The number of morpholine rings is 1. The van der Waals surface area contributed by atoms with Crippen LogP contribution in [0.25, 0.3) is 0 Å². The van der Waals surface area contributed by atoms with Crippen LogP contribution < -0.4 is 10.2 Å². The van der Waals surface area contributed by atoms with Crippen LogP contribution in [0.5, 0.6) is 0 Å². The first kappa shape index (κ1) is 18.0. The molecule has 1 aromatic heterocycles. The molecule has 1 fully saturated rings. The molecule has 6 nitrogen and oxygen atoms in total. The van der Waals surface area contributed by atoms with Gasteiger partial charge in [0, 0.05) is 12.3 Å². The molecular formula is C13H23N4O2S3+. The molecule has 1 saturated heterocycles. The lowest BCUT2D eigenvalue weighted by Crippen LogP contribution is -3.14. The minimum Gasteiger partial charge on any atom is -0.370 e. The van der Waals surface area contributed by atoms with Gasteiger partial charge >= 0.3 is 0 Å². The van der Waals surface area contributed by atoms with Crippen LogP contribution in [0.2, 0.25) is 0 Å². The summed E-state index contributed by atoms with van der Waals surface area (Å²) in [7, 11) is 0. The lowest BCUT2D eigenvalue weighted by molar-refractivity contribution is -0.905. The molecule has 0 aliphatic carbocycles. The van der Waals surface area contributed by atoms with Crippen LogP contribution >= 0.6 is 34.9 Å². The van der Waals surface area contributed by atoms with Crippen LogP contribution in [-0.2, 0) is 9.53 Å². The molecule has 2 heterocycles. The Morgan fingerprint density at radius 1 is 1.32 bits per heavy atom. The number of hydrogen-bond donors (Lipinski definition) is 2. The highest BCUT2D eigenvalue weighted by atomic mass is 32.2. The van der Waals surface area contributed by atoms with Gasteiger partial charge < -0.3 is 15.0 Å². The molecule has 9 heteroatoms. The smallest absolute Gasteiger partial charge is 0.230 e. The monoisotopic (exact) mass is 363 g/mol. The summed E-state index contributed by atoms with van der Waals surface area (Å²) in [6.07, 6.45) is 0.959. The number of carbonyl (C=O) groups is 1. The topological polar surface area (TPSA) is 68.5 Å². The predicted octanol–water partition coefficient (Wildman–Crippen LogP) is 0.164. The summed E-state index contributed by atoms with van der Waals surface area (Å²) in [6, 6.07) is 0. The number of thioether (sulfide) groups is 2. The Labute approximate surface area is 143 Å². The van der Waals surface area contributed by atoms with Gasteiger partial charge in [0.05, 0.1) is 25.5 Å². The fourth-order valence-corrected chi connectivity index (χ4v) is 4.91. The van der Waals surface area contributed by atoms with E-state index in [1.807, 2.05) is 6.92 Å². The first-order valence-electron chi connectivity index (χ1n) is 7.55. The maximum atomic E-state index is 11.5. The van der Waals surface area contributed by atoms with Gasteiger partial charge in [-0.2, -0.15) is 0 Å². The molecule has 22 heavy (non-hydrogen) atoms. The van der Waals surface area contributed by atoms with Crippen molar-refractivity contribution < 1.29 is 14.4 Å². The number of nitrogens with one attached hydrogen (secondary N) is 2. The van der Waals surface area contributed by atoms with Gasteiger partial charge in [0.25, 0.3) is 0 Å². The van der Waals surface area contributed by atoms with Gasteiger partial charge in [-0.3, -0.25) is 4.79 Å². The summed E-state index contributed by atoms with van der Waals surface area (Å²) in [5, 5.41) is 11.2. The Hall–Kier alpha value is -0.350. The highest BCUT2D eigenvalue weighted by Crippen LogP contribution is 2.28. The quantitative estimate of drug-likeness (QED) is 0.610. The summed E-state index contributed by atoms with van der Waals surface area (Å²) in [5.41, 5.74) is 0. The third-order valence-corrected chi connectivity index (χ3v) is 6.36. The van der Waals surface area contributed by atoms with Crippen LogP contribution in [0.15, 0.2) is 8.68 Å². The van der Waals surface area contributed by atoms with Gasteiger partial charge in [-0.05, 0) is 6.42 Å². The molecule has 1 aromatic rings. The van der Waals surface area contributed by atoms with Gasteiger partial charge in [0.15, 0.2) is 8.68 Å². The summed E-state index contributed by atoms with van der Waals surface area (Å²) in [6.45, 7) is 7.87. The summed E-state index contributed by atoms with van der Waals surface area (Å²) in [5.74, 6) is 1.52. The molecule has 1 amide bonds. The summed E-state index contributed by atoms with van der Waals surface area (Å²) < 4.78 is 7.21. The lowest BCUT2D eigenvalue weighted by atomic mass is 10.4. The molecule has 124 valence electrons. The van der Waals surface area contributed by atoms with Crippen molar-refractivity contribution in [2.24, 2.45) is 0 Å². The second kappa shape index (κ2) is 10.4. The molecule has 0 atom stereocenters. The maximum Gasteiger partial charge on any atom is 0.230 e. The second-order valence-electron chi connectivity index (χ2n) is 4.93. The molecule has 0 saturated carbocycles. The summed E-state index contributed by atoms with van der Waals surface area (Å²) >= 11 is 4.79. The first-order valence-corrected chi connectivity index (χ1v) is 10.3. The van der Waals surface area contributed by atoms with Crippen molar-refractivity contribution in [1.29, 1.82) is 0 Å². The molecule has 2 rings (SSSR count). The van der Waals surface area contributed by atoms with Gasteiger partial charge in [-0.1, -0.05) is 41.8 Å². The molecule has 1 aliphatic rings. The van der Waals surface area contributed by atoms with Crippen molar-refractivity contribution in [3.8, 4) is 0 Å². The molecule has 1 aliphatic heterocycles. The van der Waals surface area contributed by atoms with Crippen LogP contribution in [0.3, 0.4) is 0 Å². The predicted molar refractivity (Wildman–Crippen MR) is 91.0 cm³/mol. The minimum absolute atomic E-state index is 0.0622. The number of carbonyl (C=O) groups excluding carboxylic acids is 1. The number of amides is 1.